The van der Waals surface area contributed by atoms with Gasteiger partial charge >= 0.3 is 0 Å². The summed E-state index contributed by atoms with van der Waals surface area (Å²) in [6.07, 6.45) is 5.22. The van der Waals surface area contributed by atoms with Gasteiger partial charge in [-0.3, -0.25) is 5.43 Å². The topological polar surface area (TPSA) is 67.1 Å². The molecule has 2 heterocycles. The lowest BCUT2D eigenvalue weighted by atomic mass is 10.1. The van der Waals surface area contributed by atoms with E-state index in [1.807, 2.05) is 6.07 Å². The summed E-state index contributed by atoms with van der Waals surface area (Å²) in [5, 5.41) is 0. The first kappa shape index (κ1) is 11.9. The van der Waals surface area contributed by atoms with Gasteiger partial charge in [-0.05, 0) is 37.0 Å². The van der Waals surface area contributed by atoms with Crippen molar-refractivity contribution in [3.05, 3.63) is 42.1 Å². The Kier molecular flexibility index (Phi) is 3.29. The third kappa shape index (κ3) is 2.37. The minimum absolute atomic E-state index is 0.444. The second-order valence-electron chi connectivity index (χ2n) is 4.62. The number of hydrogen-bond donors (Lipinski definition) is 2. The van der Waals surface area contributed by atoms with Crippen LogP contribution in [0.4, 0.5) is 17.5 Å². The number of aromatic nitrogens is 2. The summed E-state index contributed by atoms with van der Waals surface area (Å²) in [5.74, 6) is 6.71. The Morgan fingerprint density at radius 1 is 1.16 bits per heavy atom. The largest absolute Gasteiger partial charge is 0.326 e. The minimum Gasteiger partial charge on any atom is -0.326 e. The summed E-state index contributed by atoms with van der Waals surface area (Å²) in [6, 6.07) is 10.4. The molecule has 19 heavy (non-hydrogen) atoms. The van der Waals surface area contributed by atoms with Crippen molar-refractivity contribution in [2.45, 2.75) is 19.3 Å². The van der Waals surface area contributed by atoms with Crippen LogP contribution in [0.15, 0.2) is 36.5 Å². The van der Waals surface area contributed by atoms with Crippen LogP contribution in [0.2, 0.25) is 0 Å². The van der Waals surface area contributed by atoms with E-state index in [2.05, 4.69) is 44.6 Å². The number of aryl methyl sites for hydroxylation is 1. The van der Waals surface area contributed by atoms with E-state index in [-0.39, 0.29) is 0 Å². The van der Waals surface area contributed by atoms with Gasteiger partial charge in [0.1, 0.15) is 5.82 Å². The van der Waals surface area contributed by atoms with Crippen molar-refractivity contribution >= 4 is 17.5 Å². The van der Waals surface area contributed by atoms with E-state index in [0.29, 0.717) is 5.95 Å². The number of hydrazine groups is 1. The molecule has 3 rings (SSSR count). The Morgan fingerprint density at radius 3 is 2.95 bits per heavy atom. The molecule has 2 aromatic rings. The molecule has 1 aliphatic rings. The molecule has 5 nitrogen and oxygen atoms in total. The van der Waals surface area contributed by atoms with Crippen LogP contribution < -0.4 is 16.2 Å². The molecule has 0 radical (unpaired) electrons. The Bertz CT molecular complexity index is 569. The van der Waals surface area contributed by atoms with Gasteiger partial charge in [-0.15, -0.1) is 0 Å². The average molecular weight is 255 g/mol. The van der Waals surface area contributed by atoms with Gasteiger partial charge < -0.3 is 4.90 Å². The molecule has 0 bridgehead atoms. The molecule has 0 fully saturated rings. The van der Waals surface area contributed by atoms with Gasteiger partial charge in [0, 0.05) is 18.4 Å². The van der Waals surface area contributed by atoms with Crippen molar-refractivity contribution in [1.29, 1.82) is 0 Å². The lowest BCUT2D eigenvalue weighted by Crippen LogP contribution is -2.20. The van der Waals surface area contributed by atoms with Crippen molar-refractivity contribution in [3.63, 3.8) is 0 Å². The molecule has 0 saturated carbocycles. The van der Waals surface area contributed by atoms with E-state index < -0.39 is 0 Å². The maximum atomic E-state index is 5.38. The molecule has 0 spiro atoms. The zero-order chi connectivity index (χ0) is 13.1. The molecule has 0 aliphatic carbocycles. The van der Waals surface area contributed by atoms with E-state index in [0.717, 1.165) is 25.2 Å². The van der Waals surface area contributed by atoms with Gasteiger partial charge in [0.05, 0.1) is 0 Å². The van der Waals surface area contributed by atoms with Crippen molar-refractivity contribution < 1.29 is 0 Å². The van der Waals surface area contributed by atoms with Gasteiger partial charge in [-0.1, -0.05) is 18.2 Å². The van der Waals surface area contributed by atoms with E-state index in [9.17, 15) is 0 Å². The molecular weight excluding hydrogens is 238 g/mol. The number of fused-ring (bicyclic) bond motifs is 1. The smallest absolute Gasteiger partial charge is 0.239 e. The lowest BCUT2D eigenvalue weighted by molar-refractivity contribution is 0.757. The van der Waals surface area contributed by atoms with Crippen LogP contribution in [0, 0.1) is 0 Å². The molecule has 0 unspecified atom stereocenters. The lowest BCUT2D eigenvalue weighted by Gasteiger charge is -2.24. The first-order valence-electron chi connectivity index (χ1n) is 6.53. The second-order valence-corrected chi connectivity index (χ2v) is 4.62. The summed E-state index contributed by atoms with van der Waals surface area (Å²) in [4.78, 5) is 10.7. The fourth-order valence-electron chi connectivity index (χ4n) is 2.50. The number of nitrogens with two attached hydrogens (primary N) is 1. The number of nitrogen functional groups attached to an aromatic ring is 1. The number of nitrogens with one attached hydrogen (secondary N) is 1. The predicted octanol–water partition coefficient (Wildman–Crippen LogP) is 2.24. The van der Waals surface area contributed by atoms with E-state index in [1.165, 1.54) is 17.7 Å². The van der Waals surface area contributed by atoms with Crippen LogP contribution in [0.25, 0.3) is 0 Å². The average Bonchev–Trinajstić information content (AvgIpc) is 2.69. The Morgan fingerprint density at radius 2 is 2.05 bits per heavy atom. The number of nitrogens with zero attached hydrogens (tertiary/aromatic N) is 3. The van der Waals surface area contributed by atoms with Crippen LogP contribution in [0.1, 0.15) is 18.4 Å². The van der Waals surface area contributed by atoms with Crippen LogP contribution >= 0.6 is 0 Å². The Labute approximate surface area is 112 Å². The van der Waals surface area contributed by atoms with Gasteiger partial charge in [0.2, 0.25) is 5.95 Å². The quantitative estimate of drug-likeness (QED) is 0.636. The van der Waals surface area contributed by atoms with Gasteiger partial charge in [-0.2, -0.15) is 4.98 Å². The molecule has 1 aromatic heterocycles. The fourth-order valence-corrected chi connectivity index (χ4v) is 2.50. The third-order valence-electron chi connectivity index (χ3n) is 3.41. The zero-order valence-corrected chi connectivity index (χ0v) is 10.7. The zero-order valence-electron chi connectivity index (χ0n) is 10.7. The van der Waals surface area contributed by atoms with Crippen LogP contribution in [-0.4, -0.2) is 16.5 Å². The molecule has 0 atom stereocenters. The van der Waals surface area contributed by atoms with Crippen LogP contribution in [-0.2, 0) is 6.42 Å². The van der Waals surface area contributed by atoms with E-state index in [1.54, 1.807) is 6.20 Å². The minimum atomic E-state index is 0.444. The summed E-state index contributed by atoms with van der Waals surface area (Å²) in [6.45, 7) is 0.970. The first-order valence-corrected chi connectivity index (χ1v) is 6.53. The van der Waals surface area contributed by atoms with Crippen molar-refractivity contribution in [2.75, 3.05) is 16.9 Å². The standard InChI is InChI=1S/C14H17N5/c15-18-14-16-9-8-13(17-14)19-10-4-3-6-11-5-1-2-7-12(11)19/h1-2,5,7-9H,3-4,6,10,15H2,(H,16,17,18). The number of anilines is 3. The van der Waals surface area contributed by atoms with Gasteiger partial charge in [0.15, 0.2) is 0 Å². The van der Waals surface area contributed by atoms with Crippen LogP contribution in [0.3, 0.4) is 0 Å². The summed E-state index contributed by atoms with van der Waals surface area (Å²) >= 11 is 0. The molecule has 5 heteroatoms. The van der Waals surface area contributed by atoms with Gasteiger partial charge in [0.25, 0.3) is 0 Å². The SMILES string of the molecule is NNc1nccc(N2CCCCc3ccccc32)n1. The highest BCUT2D eigenvalue weighted by molar-refractivity contribution is 5.64. The number of rotatable bonds is 2. The van der Waals surface area contributed by atoms with E-state index in [4.69, 9.17) is 5.84 Å². The normalized spacial score (nSPS) is 14.7. The molecular formula is C14H17N5. The monoisotopic (exact) mass is 255 g/mol. The third-order valence-corrected chi connectivity index (χ3v) is 3.41. The molecule has 3 N–H and O–H groups in total. The first-order chi connectivity index (χ1) is 9.38. The summed E-state index contributed by atoms with van der Waals surface area (Å²) in [5.41, 5.74) is 5.11. The van der Waals surface area contributed by atoms with Gasteiger partial charge in [-0.25, -0.2) is 10.8 Å². The maximum Gasteiger partial charge on any atom is 0.239 e. The highest BCUT2D eigenvalue weighted by atomic mass is 15.3. The number of hydrogen-bond acceptors (Lipinski definition) is 5. The summed E-state index contributed by atoms with van der Waals surface area (Å²) < 4.78 is 0. The molecule has 1 aromatic carbocycles. The maximum absolute atomic E-state index is 5.38. The Balaban J connectivity index is 2.03. The van der Waals surface area contributed by atoms with Crippen molar-refractivity contribution in [1.82, 2.24) is 9.97 Å². The highest BCUT2D eigenvalue weighted by Crippen LogP contribution is 2.31. The highest BCUT2D eigenvalue weighted by Gasteiger charge is 2.17. The molecule has 1 aliphatic heterocycles. The van der Waals surface area contributed by atoms with E-state index >= 15 is 0 Å². The molecule has 0 amide bonds. The fraction of sp³-hybridized carbons (Fsp3) is 0.286. The van der Waals surface area contributed by atoms with Crippen molar-refractivity contribution in [3.8, 4) is 0 Å². The Hall–Kier alpha value is -2.14. The predicted molar refractivity (Wildman–Crippen MR) is 76.2 cm³/mol. The number of para-hydroxylation sites is 1. The summed E-state index contributed by atoms with van der Waals surface area (Å²) in [7, 11) is 0. The van der Waals surface area contributed by atoms with Crippen LogP contribution in [0.5, 0.6) is 0 Å². The second kappa shape index (κ2) is 5.24. The number of benzene rings is 1. The molecule has 98 valence electrons. The molecule has 0 saturated heterocycles. The van der Waals surface area contributed by atoms with Crippen molar-refractivity contribution in [2.24, 2.45) is 5.84 Å².